The molecule has 1 unspecified atom stereocenters. The van der Waals surface area contributed by atoms with E-state index in [1.54, 1.807) is 0 Å². The maximum atomic E-state index is 12.6. The number of Topliss-reactive ketones (excluding diaryl/α,β-unsaturated/α-hetero) is 1. The van der Waals surface area contributed by atoms with E-state index in [-0.39, 0.29) is 11.9 Å². The van der Waals surface area contributed by atoms with Crippen LogP contribution >= 0.6 is 0 Å². The van der Waals surface area contributed by atoms with Crippen molar-refractivity contribution in [3.8, 4) is 0 Å². The first-order valence-corrected chi connectivity index (χ1v) is 7.08. The van der Waals surface area contributed by atoms with E-state index in [9.17, 15) is 4.79 Å². The summed E-state index contributed by atoms with van der Waals surface area (Å²) in [7, 11) is 0. The molecule has 0 saturated carbocycles. The molecule has 1 fully saturated rings. The van der Waals surface area contributed by atoms with E-state index in [1.165, 1.54) is 0 Å². The van der Waals surface area contributed by atoms with Crippen LogP contribution in [0.1, 0.15) is 34.8 Å². The average Bonchev–Trinajstić information content (AvgIpc) is 2.42. The Morgan fingerprint density at radius 1 is 1.42 bits per heavy atom. The average molecular weight is 261 g/mol. The number of carbonyl (C=O) groups excluding carboxylic acids is 1. The highest BCUT2D eigenvalue weighted by molar-refractivity contribution is 6.01. The summed E-state index contributed by atoms with van der Waals surface area (Å²) in [6.45, 7) is 9.56. The van der Waals surface area contributed by atoms with Crippen LogP contribution in [0.2, 0.25) is 0 Å². The van der Waals surface area contributed by atoms with Crippen LogP contribution in [0.3, 0.4) is 0 Å². The van der Waals surface area contributed by atoms with Gasteiger partial charge in [0.15, 0.2) is 5.78 Å². The van der Waals surface area contributed by atoms with E-state index < -0.39 is 0 Å². The molecule has 3 nitrogen and oxygen atoms in total. The molecule has 0 bridgehead atoms. The van der Waals surface area contributed by atoms with Gasteiger partial charge in [0, 0.05) is 18.7 Å². The summed E-state index contributed by atoms with van der Waals surface area (Å²) >= 11 is 0. The topological polar surface area (TPSA) is 29.5 Å². The van der Waals surface area contributed by atoms with Crippen molar-refractivity contribution < 1.29 is 9.53 Å². The summed E-state index contributed by atoms with van der Waals surface area (Å²) in [5.74, 6) is 0.127. The molecule has 0 aliphatic carbocycles. The maximum Gasteiger partial charge on any atom is 0.193 e. The first kappa shape index (κ1) is 14.2. The van der Waals surface area contributed by atoms with Gasteiger partial charge in [0.05, 0.1) is 6.61 Å². The largest absolute Gasteiger partial charge is 0.367 e. The minimum Gasteiger partial charge on any atom is -0.367 e. The quantitative estimate of drug-likeness (QED) is 0.780. The molecule has 1 aliphatic rings. The maximum absolute atomic E-state index is 12.6. The Kier molecular flexibility index (Phi) is 4.72. The summed E-state index contributed by atoms with van der Waals surface area (Å²) in [6, 6.07) is 5.90. The summed E-state index contributed by atoms with van der Waals surface area (Å²) in [5, 5.41) is 0. The van der Waals surface area contributed by atoms with Gasteiger partial charge in [-0.1, -0.05) is 25.1 Å². The lowest BCUT2D eigenvalue weighted by Gasteiger charge is -2.32. The first-order valence-electron chi connectivity index (χ1n) is 7.08. The van der Waals surface area contributed by atoms with E-state index in [0.29, 0.717) is 6.61 Å². The lowest BCUT2D eigenvalue weighted by molar-refractivity contribution is -0.0164. The Morgan fingerprint density at radius 2 is 2.21 bits per heavy atom. The van der Waals surface area contributed by atoms with Crippen LogP contribution in [0.15, 0.2) is 18.2 Å². The van der Waals surface area contributed by atoms with Crippen LogP contribution < -0.4 is 0 Å². The Labute approximate surface area is 115 Å². The fourth-order valence-corrected chi connectivity index (χ4v) is 2.57. The van der Waals surface area contributed by atoms with Crippen molar-refractivity contribution in [2.75, 3.05) is 26.2 Å². The molecule has 0 amide bonds. The third-order valence-corrected chi connectivity index (χ3v) is 3.85. The normalized spacial score (nSPS) is 20.5. The SMILES string of the molecule is CCCN1CCOC(C(=O)c2cccc(C)c2C)C1. The third-order valence-electron chi connectivity index (χ3n) is 3.85. The molecular weight excluding hydrogens is 238 g/mol. The summed E-state index contributed by atoms with van der Waals surface area (Å²) in [6.07, 6.45) is 0.811. The lowest BCUT2D eigenvalue weighted by atomic mass is 9.97. The number of hydrogen-bond acceptors (Lipinski definition) is 3. The Bertz CT molecular complexity index is 454. The monoisotopic (exact) mass is 261 g/mol. The number of benzene rings is 1. The first-order chi connectivity index (χ1) is 9.13. The minimum atomic E-state index is -0.305. The van der Waals surface area contributed by atoms with E-state index in [2.05, 4.69) is 11.8 Å². The number of ether oxygens (including phenoxy) is 1. The molecule has 0 spiro atoms. The van der Waals surface area contributed by atoms with Gasteiger partial charge < -0.3 is 4.74 Å². The second-order valence-corrected chi connectivity index (χ2v) is 5.27. The zero-order valence-corrected chi connectivity index (χ0v) is 12.1. The molecule has 3 heteroatoms. The lowest BCUT2D eigenvalue weighted by Crippen LogP contribution is -2.46. The van der Waals surface area contributed by atoms with Crippen LogP contribution in [-0.4, -0.2) is 43.0 Å². The summed E-state index contributed by atoms with van der Waals surface area (Å²) < 4.78 is 5.67. The Hall–Kier alpha value is -1.19. The van der Waals surface area contributed by atoms with E-state index in [4.69, 9.17) is 4.74 Å². The Morgan fingerprint density at radius 3 is 2.95 bits per heavy atom. The van der Waals surface area contributed by atoms with Crippen molar-refractivity contribution in [1.82, 2.24) is 4.90 Å². The van der Waals surface area contributed by atoms with Crippen LogP contribution in [-0.2, 0) is 4.74 Å². The van der Waals surface area contributed by atoms with Gasteiger partial charge in [0.2, 0.25) is 0 Å². The molecule has 0 N–H and O–H groups in total. The summed E-state index contributed by atoms with van der Waals surface area (Å²) in [4.78, 5) is 14.9. The highest BCUT2D eigenvalue weighted by Gasteiger charge is 2.27. The molecule has 1 heterocycles. The molecule has 1 atom stereocenters. The van der Waals surface area contributed by atoms with Gasteiger partial charge in [-0.2, -0.15) is 0 Å². The van der Waals surface area contributed by atoms with Crippen molar-refractivity contribution >= 4 is 5.78 Å². The predicted octanol–water partition coefficient (Wildman–Crippen LogP) is 2.60. The number of carbonyl (C=O) groups is 1. The van der Waals surface area contributed by atoms with E-state index >= 15 is 0 Å². The second-order valence-electron chi connectivity index (χ2n) is 5.27. The molecule has 1 aliphatic heterocycles. The van der Waals surface area contributed by atoms with Gasteiger partial charge in [-0.15, -0.1) is 0 Å². The molecule has 19 heavy (non-hydrogen) atoms. The fourth-order valence-electron chi connectivity index (χ4n) is 2.57. The van der Waals surface area contributed by atoms with Gasteiger partial charge in [0.25, 0.3) is 0 Å². The van der Waals surface area contributed by atoms with E-state index in [0.717, 1.165) is 42.7 Å². The number of ketones is 1. The highest BCUT2D eigenvalue weighted by Crippen LogP contribution is 2.18. The standard InChI is InChI=1S/C16H23NO2/c1-4-8-17-9-10-19-15(11-17)16(18)14-7-5-6-12(2)13(14)3/h5-7,15H,4,8-11H2,1-3H3. The molecule has 104 valence electrons. The molecule has 1 aromatic carbocycles. The van der Waals surface area contributed by atoms with Crippen LogP contribution in [0, 0.1) is 13.8 Å². The van der Waals surface area contributed by atoms with Gasteiger partial charge in [-0.05, 0) is 37.9 Å². The second kappa shape index (κ2) is 6.31. The van der Waals surface area contributed by atoms with Crippen molar-refractivity contribution in [3.05, 3.63) is 34.9 Å². The number of nitrogens with zero attached hydrogens (tertiary/aromatic N) is 1. The van der Waals surface area contributed by atoms with Crippen molar-refractivity contribution in [3.63, 3.8) is 0 Å². The fraction of sp³-hybridized carbons (Fsp3) is 0.562. The molecule has 1 saturated heterocycles. The van der Waals surface area contributed by atoms with Gasteiger partial charge >= 0.3 is 0 Å². The molecule has 1 aromatic rings. The third kappa shape index (κ3) is 3.23. The van der Waals surface area contributed by atoms with E-state index in [1.807, 2.05) is 32.0 Å². The van der Waals surface area contributed by atoms with Crippen molar-refractivity contribution in [2.24, 2.45) is 0 Å². The number of morpholine rings is 1. The van der Waals surface area contributed by atoms with Crippen molar-refractivity contribution in [1.29, 1.82) is 0 Å². The van der Waals surface area contributed by atoms with Crippen molar-refractivity contribution in [2.45, 2.75) is 33.3 Å². The van der Waals surface area contributed by atoms with Gasteiger partial charge in [0.1, 0.15) is 6.10 Å². The summed E-state index contributed by atoms with van der Waals surface area (Å²) in [5.41, 5.74) is 3.04. The van der Waals surface area contributed by atoms with Gasteiger partial charge in [-0.3, -0.25) is 9.69 Å². The number of hydrogen-bond donors (Lipinski definition) is 0. The molecule has 0 radical (unpaired) electrons. The molecule has 2 rings (SSSR count). The Balaban J connectivity index is 2.12. The van der Waals surface area contributed by atoms with Crippen LogP contribution in [0.5, 0.6) is 0 Å². The molecular formula is C16H23NO2. The number of aryl methyl sites for hydroxylation is 1. The minimum absolute atomic E-state index is 0.127. The smallest absolute Gasteiger partial charge is 0.193 e. The van der Waals surface area contributed by atoms with Crippen LogP contribution in [0.4, 0.5) is 0 Å². The molecule has 0 aromatic heterocycles. The number of rotatable bonds is 4. The zero-order valence-electron chi connectivity index (χ0n) is 12.1. The van der Waals surface area contributed by atoms with Crippen LogP contribution in [0.25, 0.3) is 0 Å². The highest BCUT2D eigenvalue weighted by atomic mass is 16.5. The van der Waals surface area contributed by atoms with Gasteiger partial charge in [-0.25, -0.2) is 0 Å². The predicted molar refractivity (Wildman–Crippen MR) is 76.7 cm³/mol. The zero-order chi connectivity index (χ0) is 13.8.